The van der Waals surface area contributed by atoms with Gasteiger partial charge in [0.25, 0.3) is 5.56 Å². The third-order valence-corrected chi connectivity index (χ3v) is 4.48. The van der Waals surface area contributed by atoms with E-state index in [1.165, 1.54) is 21.9 Å². The third kappa shape index (κ3) is 4.26. The van der Waals surface area contributed by atoms with Crippen LogP contribution in [0.5, 0.6) is 5.75 Å². The predicted octanol–water partition coefficient (Wildman–Crippen LogP) is 3.00. The number of unbranched alkanes of at least 4 members (excludes halogenated alkanes) is 1. The average Bonchev–Trinajstić information content (AvgIpc) is 3.04. The molecule has 0 radical (unpaired) electrons. The molecule has 0 fully saturated rings. The van der Waals surface area contributed by atoms with E-state index < -0.39 is 5.97 Å². The van der Waals surface area contributed by atoms with E-state index in [1.807, 2.05) is 0 Å². The van der Waals surface area contributed by atoms with E-state index in [0.29, 0.717) is 27.8 Å². The molecule has 2 aromatic heterocycles. The number of hydrogen-bond acceptors (Lipinski definition) is 7. The highest BCUT2D eigenvalue weighted by Gasteiger charge is 2.12. The molecule has 0 amide bonds. The minimum absolute atomic E-state index is 0.0138. The maximum absolute atomic E-state index is 12.2. The highest BCUT2D eigenvalue weighted by atomic mass is 32.1. The summed E-state index contributed by atoms with van der Waals surface area (Å²) < 4.78 is 12.1. The van der Waals surface area contributed by atoms with Crippen LogP contribution >= 0.6 is 11.3 Å². The van der Waals surface area contributed by atoms with Crippen molar-refractivity contribution < 1.29 is 14.3 Å². The van der Waals surface area contributed by atoms with Gasteiger partial charge in [-0.25, -0.2) is 9.78 Å². The maximum Gasteiger partial charge on any atom is 0.338 e. The van der Waals surface area contributed by atoms with Crippen LogP contribution in [0.25, 0.3) is 4.96 Å². The monoisotopic (exact) mass is 373 g/mol. The fourth-order valence-electron chi connectivity index (χ4n) is 2.25. The van der Waals surface area contributed by atoms with Crippen LogP contribution in [0.2, 0.25) is 0 Å². The first-order valence-corrected chi connectivity index (χ1v) is 9.15. The number of aromatic nitrogens is 3. The van der Waals surface area contributed by atoms with E-state index in [1.54, 1.807) is 31.2 Å². The Morgan fingerprint density at radius 3 is 2.77 bits per heavy atom. The van der Waals surface area contributed by atoms with Gasteiger partial charge in [-0.15, -0.1) is 0 Å². The van der Waals surface area contributed by atoms with E-state index in [9.17, 15) is 9.59 Å². The van der Waals surface area contributed by atoms with Gasteiger partial charge in [0.05, 0.1) is 12.2 Å². The number of benzene rings is 1. The molecule has 26 heavy (non-hydrogen) atoms. The fourth-order valence-corrected chi connectivity index (χ4v) is 3.11. The number of nitrogens with zero attached hydrogens (tertiary/aromatic N) is 3. The van der Waals surface area contributed by atoms with Crippen molar-refractivity contribution in [1.29, 1.82) is 0 Å². The summed E-state index contributed by atoms with van der Waals surface area (Å²) >= 11 is 1.22. The molecule has 0 bridgehead atoms. The summed E-state index contributed by atoms with van der Waals surface area (Å²) in [7, 11) is 0. The summed E-state index contributed by atoms with van der Waals surface area (Å²) in [6.07, 6.45) is 2.06. The quantitative estimate of drug-likeness (QED) is 0.468. The Balaban J connectivity index is 1.61. The molecule has 7 nitrogen and oxygen atoms in total. The zero-order valence-electron chi connectivity index (χ0n) is 14.6. The van der Waals surface area contributed by atoms with Crippen molar-refractivity contribution >= 4 is 22.3 Å². The minimum atomic E-state index is -0.458. The lowest BCUT2D eigenvalue weighted by Gasteiger charge is -2.06. The number of esters is 1. The Labute approximate surface area is 154 Å². The molecular formula is C18H19N3O4S. The average molecular weight is 373 g/mol. The van der Waals surface area contributed by atoms with Crippen molar-refractivity contribution in [3.63, 3.8) is 0 Å². The van der Waals surface area contributed by atoms with Crippen LogP contribution in [0, 0.1) is 6.92 Å². The summed E-state index contributed by atoms with van der Waals surface area (Å²) in [4.78, 5) is 28.7. The Morgan fingerprint density at radius 2 is 2.04 bits per heavy atom. The van der Waals surface area contributed by atoms with Crippen LogP contribution in [-0.4, -0.2) is 27.2 Å². The number of aryl methyl sites for hydroxylation is 1. The predicted molar refractivity (Wildman–Crippen MR) is 97.8 cm³/mol. The largest absolute Gasteiger partial charge is 0.494 e. The number of rotatable bonds is 7. The van der Waals surface area contributed by atoms with Crippen LogP contribution in [0.3, 0.4) is 0 Å². The summed E-state index contributed by atoms with van der Waals surface area (Å²) in [6.45, 7) is 4.49. The summed E-state index contributed by atoms with van der Waals surface area (Å²) in [5.41, 5.74) is 0.809. The van der Waals surface area contributed by atoms with Gasteiger partial charge in [0.2, 0.25) is 4.96 Å². The van der Waals surface area contributed by atoms with Crippen molar-refractivity contribution in [2.45, 2.75) is 33.3 Å². The third-order valence-electron chi connectivity index (χ3n) is 3.60. The van der Waals surface area contributed by atoms with Crippen LogP contribution < -0.4 is 10.3 Å². The second-order valence-corrected chi connectivity index (χ2v) is 6.77. The topological polar surface area (TPSA) is 82.8 Å². The van der Waals surface area contributed by atoms with Crippen molar-refractivity contribution in [1.82, 2.24) is 14.6 Å². The lowest BCUT2D eigenvalue weighted by Crippen LogP contribution is -2.14. The first-order valence-electron chi connectivity index (χ1n) is 8.33. The fraction of sp³-hybridized carbons (Fsp3) is 0.333. The highest BCUT2D eigenvalue weighted by Crippen LogP contribution is 2.16. The van der Waals surface area contributed by atoms with Crippen LogP contribution in [0.4, 0.5) is 0 Å². The van der Waals surface area contributed by atoms with E-state index in [4.69, 9.17) is 9.47 Å². The molecular weight excluding hydrogens is 354 g/mol. The Bertz CT molecular complexity index is 963. The van der Waals surface area contributed by atoms with Gasteiger partial charge in [-0.05, 0) is 37.6 Å². The molecule has 0 saturated carbocycles. The Morgan fingerprint density at radius 1 is 1.27 bits per heavy atom. The van der Waals surface area contributed by atoms with Crippen molar-refractivity contribution in [3.8, 4) is 5.75 Å². The van der Waals surface area contributed by atoms with Gasteiger partial charge in [0.1, 0.15) is 12.4 Å². The molecule has 0 aliphatic heterocycles. The van der Waals surface area contributed by atoms with Gasteiger partial charge in [-0.2, -0.15) is 9.61 Å². The van der Waals surface area contributed by atoms with Gasteiger partial charge in [-0.1, -0.05) is 24.7 Å². The lowest BCUT2D eigenvalue weighted by molar-refractivity contribution is 0.0471. The van der Waals surface area contributed by atoms with Crippen molar-refractivity contribution in [2.24, 2.45) is 0 Å². The summed E-state index contributed by atoms with van der Waals surface area (Å²) in [5, 5.41) is 4.65. The Kier molecular flexibility index (Phi) is 5.62. The van der Waals surface area contributed by atoms with E-state index >= 15 is 0 Å². The SMILES string of the molecule is CCCCOc1ccc(C(=O)OCc2nn3c(=O)cc(C)nc3s2)cc1. The molecule has 1 aromatic carbocycles. The zero-order chi connectivity index (χ0) is 18.5. The zero-order valence-corrected chi connectivity index (χ0v) is 15.4. The molecule has 136 valence electrons. The molecule has 8 heteroatoms. The first kappa shape index (κ1) is 18.1. The molecule has 0 spiro atoms. The molecule has 0 N–H and O–H groups in total. The molecule has 0 unspecified atom stereocenters. The molecule has 0 saturated heterocycles. The summed E-state index contributed by atoms with van der Waals surface area (Å²) in [6, 6.07) is 8.23. The Hall–Kier alpha value is -2.74. The normalized spacial score (nSPS) is 10.8. The van der Waals surface area contributed by atoms with Gasteiger partial charge in [0.15, 0.2) is 5.01 Å². The smallest absolute Gasteiger partial charge is 0.338 e. The molecule has 0 atom stereocenters. The van der Waals surface area contributed by atoms with E-state index in [0.717, 1.165) is 18.6 Å². The molecule has 0 aliphatic rings. The molecule has 2 heterocycles. The van der Waals surface area contributed by atoms with E-state index in [-0.39, 0.29) is 12.2 Å². The number of carbonyl (C=O) groups is 1. The number of fused-ring (bicyclic) bond motifs is 1. The number of carbonyl (C=O) groups excluding carboxylic acids is 1. The summed E-state index contributed by atoms with van der Waals surface area (Å²) in [5.74, 6) is 0.267. The standard InChI is InChI=1S/C18H19N3O4S/c1-3-4-9-24-14-7-5-13(6-8-14)17(23)25-11-15-20-21-16(22)10-12(2)19-18(21)26-15/h5-8,10H,3-4,9,11H2,1-2H3. The van der Waals surface area contributed by atoms with Gasteiger partial charge >= 0.3 is 5.97 Å². The molecule has 0 aliphatic carbocycles. The molecule has 3 rings (SSSR count). The second kappa shape index (κ2) is 8.09. The van der Waals surface area contributed by atoms with Crippen molar-refractivity contribution in [2.75, 3.05) is 6.61 Å². The lowest BCUT2D eigenvalue weighted by atomic mass is 10.2. The minimum Gasteiger partial charge on any atom is -0.494 e. The van der Waals surface area contributed by atoms with Gasteiger partial charge in [-0.3, -0.25) is 4.79 Å². The van der Waals surface area contributed by atoms with Gasteiger partial charge < -0.3 is 9.47 Å². The van der Waals surface area contributed by atoms with Gasteiger partial charge in [0, 0.05) is 11.8 Å². The van der Waals surface area contributed by atoms with Crippen LogP contribution in [0.15, 0.2) is 35.1 Å². The first-order chi connectivity index (χ1) is 12.6. The van der Waals surface area contributed by atoms with E-state index in [2.05, 4.69) is 17.0 Å². The second-order valence-electron chi connectivity index (χ2n) is 5.73. The molecule has 3 aromatic rings. The number of ether oxygens (including phenoxy) is 2. The highest BCUT2D eigenvalue weighted by molar-refractivity contribution is 7.16. The van der Waals surface area contributed by atoms with Crippen LogP contribution in [0.1, 0.15) is 40.8 Å². The number of hydrogen-bond donors (Lipinski definition) is 0. The van der Waals surface area contributed by atoms with Crippen molar-refractivity contribution in [3.05, 3.63) is 57.0 Å². The maximum atomic E-state index is 12.2. The van der Waals surface area contributed by atoms with Crippen LogP contribution in [-0.2, 0) is 11.3 Å².